The van der Waals surface area contributed by atoms with Gasteiger partial charge < -0.3 is 9.47 Å². The standard InChI is InChI=1S/C20H30O5/c1-19(11-16(22)24-3)9-7-12-13(17(19)18(23)25-4)8-10-20(2)14(12)5-6-15(20)21/h12-14,17H,5-11H2,1-4H3/t12-,13+,14+,17+,19-,20+/m1/s1. The summed E-state index contributed by atoms with van der Waals surface area (Å²) in [7, 11) is 2.82. The third-order valence-electron chi connectivity index (χ3n) is 7.66. The Kier molecular flexibility index (Phi) is 4.71. The van der Waals surface area contributed by atoms with Crippen LogP contribution in [0.15, 0.2) is 0 Å². The number of ketones is 1. The van der Waals surface area contributed by atoms with Gasteiger partial charge in [0.05, 0.1) is 26.6 Å². The van der Waals surface area contributed by atoms with Crippen molar-refractivity contribution in [2.45, 2.75) is 58.8 Å². The number of fused-ring (bicyclic) bond motifs is 3. The number of rotatable bonds is 3. The Morgan fingerprint density at radius 1 is 1.04 bits per heavy atom. The van der Waals surface area contributed by atoms with E-state index in [2.05, 4.69) is 6.92 Å². The minimum absolute atomic E-state index is 0.194. The molecule has 0 aromatic carbocycles. The van der Waals surface area contributed by atoms with Crippen molar-refractivity contribution in [1.29, 1.82) is 0 Å². The van der Waals surface area contributed by atoms with Crippen LogP contribution < -0.4 is 0 Å². The molecule has 0 aromatic rings. The van der Waals surface area contributed by atoms with E-state index in [-0.39, 0.29) is 35.6 Å². The molecule has 0 N–H and O–H groups in total. The highest BCUT2D eigenvalue weighted by molar-refractivity contribution is 5.87. The number of carbonyl (C=O) groups is 3. The van der Waals surface area contributed by atoms with E-state index in [1.165, 1.54) is 14.2 Å². The molecule has 3 fully saturated rings. The fourth-order valence-corrected chi connectivity index (χ4v) is 6.27. The second kappa shape index (κ2) is 6.40. The fourth-order valence-electron chi connectivity index (χ4n) is 6.27. The summed E-state index contributed by atoms with van der Waals surface area (Å²) in [4.78, 5) is 37.1. The van der Waals surface area contributed by atoms with E-state index < -0.39 is 5.41 Å². The molecule has 3 aliphatic rings. The maximum absolute atomic E-state index is 12.7. The van der Waals surface area contributed by atoms with Crippen LogP contribution in [-0.2, 0) is 23.9 Å². The molecule has 0 unspecified atom stereocenters. The molecule has 0 saturated heterocycles. The van der Waals surface area contributed by atoms with Crippen LogP contribution in [-0.4, -0.2) is 31.9 Å². The van der Waals surface area contributed by atoms with E-state index in [1.54, 1.807) is 0 Å². The van der Waals surface area contributed by atoms with Crippen LogP contribution in [0.1, 0.15) is 58.8 Å². The first-order chi connectivity index (χ1) is 11.8. The summed E-state index contributed by atoms with van der Waals surface area (Å²) in [6.07, 6.45) is 5.33. The van der Waals surface area contributed by atoms with Crippen molar-refractivity contribution >= 4 is 17.7 Å². The molecular formula is C20H30O5. The second-order valence-electron chi connectivity index (χ2n) is 8.80. The van der Waals surface area contributed by atoms with Gasteiger partial charge in [-0.1, -0.05) is 13.8 Å². The predicted molar refractivity (Wildman–Crippen MR) is 91.5 cm³/mol. The van der Waals surface area contributed by atoms with Crippen LogP contribution in [0.3, 0.4) is 0 Å². The van der Waals surface area contributed by atoms with Crippen molar-refractivity contribution in [3.05, 3.63) is 0 Å². The first-order valence-electron chi connectivity index (χ1n) is 9.45. The zero-order valence-corrected chi connectivity index (χ0v) is 15.8. The van der Waals surface area contributed by atoms with Crippen LogP contribution in [0.2, 0.25) is 0 Å². The monoisotopic (exact) mass is 350 g/mol. The average Bonchev–Trinajstić information content (AvgIpc) is 2.89. The Hall–Kier alpha value is -1.39. The quantitative estimate of drug-likeness (QED) is 0.731. The van der Waals surface area contributed by atoms with Gasteiger partial charge in [0.25, 0.3) is 0 Å². The molecule has 25 heavy (non-hydrogen) atoms. The lowest BCUT2D eigenvalue weighted by atomic mass is 9.48. The van der Waals surface area contributed by atoms with E-state index in [9.17, 15) is 14.4 Å². The highest BCUT2D eigenvalue weighted by Gasteiger charge is 2.60. The number of methoxy groups -OCH3 is 2. The Bertz CT molecular complexity index is 585. The van der Waals surface area contributed by atoms with Gasteiger partial charge in [-0.05, 0) is 55.3 Å². The van der Waals surface area contributed by atoms with Gasteiger partial charge in [-0.25, -0.2) is 0 Å². The molecule has 0 amide bonds. The summed E-state index contributed by atoms with van der Waals surface area (Å²) < 4.78 is 10.0. The van der Waals surface area contributed by atoms with Gasteiger partial charge in [0, 0.05) is 11.8 Å². The van der Waals surface area contributed by atoms with E-state index in [0.717, 1.165) is 32.1 Å². The molecule has 140 valence electrons. The normalized spacial score (nSPS) is 43.1. The van der Waals surface area contributed by atoms with Crippen molar-refractivity contribution in [3.8, 4) is 0 Å². The lowest BCUT2D eigenvalue weighted by molar-refractivity contribution is -0.168. The number of esters is 2. The molecule has 5 heteroatoms. The van der Waals surface area contributed by atoms with Gasteiger partial charge in [0.15, 0.2) is 0 Å². The number of hydrogen-bond donors (Lipinski definition) is 0. The molecule has 3 saturated carbocycles. The maximum atomic E-state index is 12.7. The average molecular weight is 350 g/mol. The molecule has 3 aliphatic carbocycles. The van der Waals surface area contributed by atoms with Gasteiger partial charge in [-0.3, -0.25) is 14.4 Å². The van der Waals surface area contributed by atoms with Crippen molar-refractivity contribution in [2.24, 2.45) is 34.5 Å². The number of Topliss-reactive ketones (excluding diaryl/α,β-unsaturated/α-hetero) is 1. The van der Waals surface area contributed by atoms with Crippen molar-refractivity contribution in [1.82, 2.24) is 0 Å². The number of carbonyl (C=O) groups excluding carboxylic acids is 3. The topological polar surface area (TPSA) is 69.7 Å². The third-order valence-corrected chi connectivity index (χ3v) is 7.66. The summed E-state index contributed by atoms with van der Waals surface area (Å²) in [6.45, 7) is 4.15. The smallest absolute Gasteiger partial charge is 0.309 e. The largest absolute Gasteiger partial charge is 0.469 e. The van der Waals surface area contributed by atoms with Crippen molar-refractivity contribution in [3.63, 3.8) is 0 Å². The Morgan fingerprint density at radius 3 is 2.36 bits per heavy atom. The van der Waals surface area contributed by atoms with Crippen LogP contribution in [0.5, 0.6) is 0 Å². The molecule has 0 aromatic heterocycles. The first-order valence-corrected chi connectivity index (χ1v) is 9.45. The maximum Gasteiger partial charge on any atom is 0.309 e. The second-order valence-corrected chi connectivity index (χ2v) is 8.80. The molecular weight excluding hydrogens is 320 g/mol. The molecule has 0 heterocycles. The number of hydrogen-bond acceptors (Lipinski definition) is 5. The summed E-state index contributed by atoms with van der Waals surface area (Å²) in [5.74, 6) is 0.554. The van der Waals surface area contributed by atoms with Crippen molar-refractivity contribution < 1.29 is 23.9 Å². The van der Waals surface area contributed by atoms with Gasteiger partial charge >= 0.3 is 11.9 Å². The minimum Gasteiger partial charge on any atom is -0.469 e. The van der Waals surface area contributed by atoms with Gasteiger partial charge in [0.1, 0.15) is 5.78 Å². The van der Waals surface area contributed by atoms with Crippen molar-refractivity contribution in [2.75, 3.05) is 14.2 Å². The van der Waals surface area contributed by atoms with E-state index in [0.29, 0.717) is 24.0 Å². The van der Waals surface area contributed by atoms with E-state index in [4.69, 9.17) is 9.47 Å². The molecule has 3 rings (SSSR count). The molecule has 0 aliphatic heterocycles. The predicted octanol–water partition coefficient (Wildman–Crippen LogP) is 3.15. The number of ether oxygens (including phenoxy) is 2. The van der Waals surface area contributed by atoms with Crippen LogP contribution in [0.25, 0.3) is 0 Å². The molecule has 0 radical (unpaired) electrons. The highest BCUT2D eigenvalue weighted by atomic mass is 16.5. The highest BCUT2D eigenvalue weighted by Crippen LogP contribution is 2.62. The van der Waals surface area contributed by atoms with Gasteiger partial charge in [-0.2, -0.15) is 0 Å². The third kappa shape index (κ3) is 2.80. The molecule has 6 atom stereocenters. The SMILES string of the molecule is COC(=O)C[C@@]1(C)CC[C@@H]2[C@H](CC[C@]3(C)C(=O)CC[C@@H]23)[C@H]1C(=O)OC. The Morgan fingerprint density at radius 2 is 1.72 bits per heavy atom. The van der Waals surface area contributed by atoms with Gasteiger partial charge in [0.2, 0.25) is 0 Å². The zero-order valence-electron chi connectivity index (χ0n) is 15.8. The Balaban J connectivity index is 1.92. The lowest BCUT2D eigenvalue weighted by Gasteiger charge is -2.55. The summed E-state index contributed by atoms with van der Waals surface area (Å²) in [5, 5.41) is 0. The lowest BCUT2D eigenvalue weighted by Crippen LogP contribution is -2.53. The summed E-state index contributed by atoms with van der Waals surface area (Å²) in [5.41, 5.74) is -0.643. The fraction of sp³-hybridized carbons (Fsp3) is 0.850. The van der Waals surface area contributed by atoms with Crippen LogP contribution in [0, 0.1) is 34.5 Å². The molecule has 0 spiro atoms. The summed E-state index contributed by atoms with van der Waals surface area (Å²) >= 11 is 0. The van der Waals surface area contributed by atoms with E-state index in [1.807, 2.05) is 6.92 Å². The molecule has 5 nitrogen and oxygen atoms in total. The molecule has 0 bridgehead atoms. The Labute approximate surface area is 149 Å². The van der Waals surface area contributed by atoms with Crippen LogP contribution >= 0.6 is 0 Å². The van der Waals surface area contributed by atoms with Gasteiger partial charge in [-0.15, -0.1) is 0 Å². The van der Waals surface area contributed by atoms with Crippen LogP contribution in [0.4, 0.5) is 0 Å². The first kappa shape index (κ1) is 18.4. The van der Waals surface area contributed by atoms with E-state index >= 15 is 0 Å². The summed E-state index contributed by atoms with van der Waals surface area (Å²) in [6, 6.07) is 0. The zero-order chi connectivity index (χ0) is 18.4. The minimum atomic E-state index is -0.433.